The summed E-state index contributed by atoms with van der Waals surface area (Å²) in [5, 5.41) is 4.34. The van der Waals surface area contributed by atoms with Crippen LogP contribution in [0.4, 0.5) is 8.78 Å². The quantitative estimate of drug-likeness (QED) is 0.495. The molecule has 0 aliphatic heterocycles. The van der Waals surface area contributed by atoms with Gasteiger partial charge in [0.05, 0.1) is 12.8 Å². The summed E-state index contributed by atoms with van der Waals surface area (Å²) in [6.07, 6.45) is 1.19. The Balaban J connectivity index is 1.98. The molecule has 0 bridgehead atoms. The van der Waals surface area contributed by atoms with Crippen molar-refractivity contribution in [3.05, 3.63) is 52.5 Å². The van der Waals surface area contributed by atoms with Crippen LogP contribution in [0.5, 0.6) is 17.2 Å². The molecule has 0 unspecified atom stereocenters. The number of nitrogens with zero attached hydrogens (tertiary/aromatic N) is 1. The van der Waals surface area contributed by atoms with E-state index in [9.17, 15) is 13.6 Å². The topological polar surface area (TPSA) is 69.2 Å². The van der Waals surface area contributed by atoms with Crippen LogP contribution in [0.1, 0.15) is 18.1 Å². The summed E-state index contributed by atoms with van der Waals surface area (Å²) < 4.78 is 40.5. The van der Waals surface area contributed by atoms with Crippen molar-refractivity contribution in [2.75, 3.05) is 13.2 Å². The molecule has 2 rings (SSSR count). The molecule has 0 aliphatic carbocycles. The van der Waals surface area contributed by atoms with Crippen LogP contribution in [0.3, 0.4) is 0 Å². The zero-order chi connectivity index (χ0) is 20.5. The van der Waals surface area contributed by atoms with Crippen molar-refractivity contribution in [2.45, 2.75) is 20.5 Å². The molecule has 0 spiro atoms. The Morgan fingerprint density at radius 1 is 1.29 bits per heavy atom. The maximum Gasteiger partial charge on any atom is 0.387 e. The number of hydrogen-bond donors (Lipinski definition) is 1. The molecule has 9 heteroatoms. The van der Waals surface area contributed by atoms with E-state index in [2.05, 4.69) is 15.3 Å². The molecule has 1 amide bonds. The minimum Gasteiger partial charge on any atom is -0.490 e. The second-order valence-corrected chi connectivity index (χ2v) is 5.89. The number of hydrazone groups is 1. The molecule has 0 aliphatic rings. The first-order valence-electron chi connectivity index (χ1n) is 8.32. The fourth-order valence-electron chi connectivity index (χ4n) is 2.18. The van der Waals surface area contributed by atoms with E-state index in [4.69, 9.17) is 21.1 Å². The van der Waals surface area contributed by atoms with Gasteiger partial charge in [-0.1, -0.05) is 17.7 Å². The van der Waals surface area contributed by atoms with Gasteiger partial charge in [-0.2, -0.15) is 13.9 Å². The van der Waals surface area contributed by atoms with Crippen LogP contribution in [0.25, 0.3) is 0 Å². The molecule has 0 fully saturated rings. The molecule has 2 aromatic carbocycles. The van der Waals surface area contributed by atoms with E-state index in [1.54, 1.807) is 31.2 Å². The first kappa shape index (κ1) is 21.4. The number of halogens is 3. The minimum atomic E-state index is -3.03. The first-order valence-corrected chi connectivity index (χ1v) is 8.70. The number of alkyl halides is 2. The van der Waals surface area contributed by atoms with Gasteiger partial charge >= 0.3 is 6.61 Å². The van der Waals surface area contributed by atoms with Gasteiger partial charge in [-0.3, -0.25) is 4.79 Å². The number of para-hydroxylation sites is 1. The lowest BCUT2D eigenvalue weighted by Gasteiger charge is -2.13. The molecule has 0 saturated heterocycles. The van der Waals surface area contributed by atoms with Crippen LogP contribution in [0, 0.1) is 6.92 Å². The molecule has 0 radical (unpaired) electrons. The van der Waals surface area contributed by atoms with Crippen molar-refractivity contribution in [1.29, 1.82) is 0 Å². The Morgan fingerprint density at radius 2 is 2.07 bits per heavy atom. The molecule has 0 atom stereocenters. The molecule has 0 aromatic heterocycles. The van der Waals surface area contributed by atoms with Gasteiger partial charge in [-0.15, -0.1) is 0 Å². The van der Waals surface area contributed by atoms with Crippen LogP contribution in [0.15, 0.2) is 41.5 Å². The lowest BCUT2D eigenvalue weighted by atomic mass is 10.2. The van der Waals surface area contributed by atoms with Crippen molar-refractivity contribution >= 4 is 23.7 Å². The lowest BCUT2D eigenvalue weighted by Crippen LogP contribution is -2.24. The molecule has 28 heavy (non-hydrogen) atoms. The third-order valence-electron chi connectivity index (χ3n) is 3.41. The highest BCUT2D eigenvalue weighted by Crippen LogP contribution is 2.31. The van der Waals surface area contributed by atoms with E-state index in [0.29, 0.717) is 10.8 Å². The van der Waals surface area contributed by atoms with Crippen molar-refractivity contribution in [3.63, 3.8) is 0 Å². The van der Waals surface area contributed by atoms with E-state index in [1.807, 2.05) is 6.92 Å². The van der Waals surface area contributed by atoms with Crippen molar-refractivity contribution in [3.8, 4) is 17.2 Å². The highest BCUT2D eigenvalue weighted by Gasteiger charge is 2.14. The largest absolute Gasteiger partial charge is 0.490 e. The molecule has 150 valence electrons. The number of carbonyl (C=O) groups excluding carboxylic acids is 1. The van der Waals surface area contributed by atoms with Crippen LogP contribution >= 0.6 is 11.6 Å². The maximum atomic E-state index is 12.7. The fraction of sp³-hybridized carbons (Fsp3) is 0.263. The van der Waals surface area contributed by atoms with Crippen molar-refractivity contribution in [2.24, 2.45) is 5.10 Å². The summed E-state index contributed by atoms with van der Waals surface area (Å²) in [7, 11) is 0. The molecule has 0 saturated carbocycles. The van der Waals surface area contributed by atoms with E-state index < -0.39 is 12.5 Å². The van der Waals surface area contributed by atoms with E-state index >= 15 is 0 Å². The third-order valence-corrected chi connectivity index (χ3v) is 3.83. The summed E-state index contributed by atoms with van der Waals surface area (Å²) in [6, 6.07) is 9.60. The maximum absolute atomic E-state index is 12.7. The second kappa shape index (κ2) is 10.5. The monoisotopic (exact) mass is 412 g/mol. The normalized spacial score (nSPS) is 10.9. The van der Waals surface area contributed by atoms with Gasteiger partial charge in [0.25, 0.3) is 5.91 Å². The van der Waals surface area contributed by atoms with Crippen molar-refractivity contribution < 1.29 is 27.8 Å². The Kier molecular flexibility index (Phi) is 8.01. The lowest BCUT2D eigenvalue weighted by molar-refractivity contribution is -0.123. The number of ether oxygens (including phenoxy) is 3. The van der Waals surface area contributed by atoms with Gasteiger partial charge in [0, 0.05) is 10.6 Å². The van der Waals surface area contributed by atoms with Gasteiger partial charge in [-0.25, -0.2) is 5.43 Å². The summed E-state index contributed by atoms with van der Waals surface area (Å²) in [5.74, 6) is -0.0519. The van der Waals surface area contributed by atoms with Gasteiger partial charge < -0.3 is 14.2 Å². The highest BCUT2D eigenvalue weighted by molar-refractivity contribution is 6.31. The summed E-state index contributed by atoms with van der Waals surface area (Å²) in [4.78, 5) is 11.8. The number of amides is 1. The molecule has 6 nitrogen and oxygen atoms in total. The van der Waals surface area contributed by atoms with Crippen LogP contribution in [-0.4, -0.2) is 31.9 Å². The minimum absolute atomic E-state index is 0.152. The van der Waals surface area contributed by atoms with Gasteiger partial charge in [-0.05, 0) is 49.7 Å². The Bertz CT molecular complexity index is 847. The highest BCUT2D eigenvalue weighted by atomic mass is 35.5. The van der Waals surface area contributed by atoms with Crippen LogP contribution < -0.4 is 19.6 Å². The number of benzene rings is 2. The average Bonchev–Trinajstić information content (AvgIpc) is 2.65. The number of nitrogens with one attached hydrogen (secondary N) is 1. The number of rotatable bonds is 9. The zero-order valence-corrected chi connectivity index (χ0v) is 16.0. The van der Waals surface area contributed by atoms with E-state index in [1.165, 1.54) is 18.3 Å². The summed E-state index contributed by atoms with van der Waals surface area (Å²) >= 11 is 5.93. The smallest absolute Gasteiger partial charge is 0.387 e. The van der Waals surface area contributed by atoms with Gasteiger partial charge in [0.1, 0.15) is 5.75 Å². The predicted molar refractivity (Wildman–Crippen MR) is 102 cm³/mol. The number of carbonyl (C=O) groups is 1. The molecule has 2 aromatic rings. The Labute approximate surface area is 166 Å². The summed E-state index contributed by atoms with van der Waals surface area (Å²) in [6.45, 7) is 0.500. The molecular weight excluding hydrogens is 394 g/mol. The van der Waals surface area contributed by atoms with E-state index in [-0.39, 0.29) is 30.3 Å². The van der Waals surface area contributed by atoms with Gasteiger partial charge in [0.2, 0.25) is 0 Å². The zero-order valence-electron chi connectivity index (χ0n) is 15.2. The number of hydrogen-bond acceptors (Lipinski definition) is 5. The Hall–Kier alpha value is -2.87. The second-order valence-electron chi connectivity index (χ2n) is 5.48. The Morgan fingerprint density at radius 3 is 2.75 bits per heavy atom. The van der Waals surface area contributed by atoms with E-state index in [0.717, 1.165) is 5.56 Å². The number of aryl methyl sites for hydroxylation is 1. The summed E-state index contributed by atoms with van der Waals surface area (Å²) in [5.41, 5.74) is 3.30. The molecule has 1 N–H and O–H groups in total. The van der Waals surface area contributed by atoms with Crippen LogP contribution in [-0.2, 0) is 4.79 Å². The SMILES string of the molecule is CCOc1cccc(/C=N\NC(=O)COc2ccc(Cl)c(C)c2)c1OC(F)F. The third kappa shape index (κ3) is 6.38. The predicted octanol–water partition coefficient (Wildman–Crippen LogP) is 4.18. The average molecular weight is 413 g/mol. The fourth-order valence-corrected chi connectivity index (χ4v) is 2.30. The van der Waals surface area contributed by atoms with Crippen LogP contribution in [0.2, 0.25) is 5.02 Å². The van der Waals surface area contributed by atoms with Gasteiger partial charge in [0.15, 0.2) is 18.1 Å². The molecular formula is C19H19ClF2N2O4. The molecule has 0 heterocycles. The van der Waals surface area contributed by atoms with Crippen molar-refractivity contribution in [1.82, 2.24) is 5.43 Å². The standard InChI is InChI=1S/C19H19ClF2N2O4/c1-3-26-16-6-4-5-13(18(16)28-19(21)22)10-23-24-17(25)11-27-14-7-8-15(20)12(2)9-14/h4-10,19H,3,11H2,1-2H3,(H,24,25)/b23-10-. The first-order chi connectivity index (χ1) is 13.4.